The van der Waals surface area contributed by atoms with E-state index in [-0.39, 0.29) is 18.3 Å². The average molecular weight is 402 g/mol. The largest absolute Gasteiger partial charge is 0.352 e. The molecule has 3 N–H and O–H groups in total. The Morgan fingerprint density at radius 3 is 2.78 bits per heavy atom. The van der Waals surface area contributed by atoms with Gasteiger partial charge in [-0.1, -0.05) is 28.1 Å². The highest BCUT2D eigenvalue weighted by atomic mass is 79.9. The maximum atomic E-state index is 12.3. The Labute approximate surface area is 151 Å². The van der Waals surface area contributed by atoms with Crippen LogP contribution in [0.2, 0.25) is 0 Å². The number of amides is 1. The second-order valence-electron chi connectivity index (χ2n) is 5.23. The lowest BCUT2D eigenvalue weighted by atomic mass is 10.1. The van der Waals surface area contributed by atoms with Gasteiger partial charge in [-0.25, -0.2) is 0 Å². The van der Waals surface area contributed by atoms with E-state index in [2.05, 4.69) is 32.4 Å². The third-order valence-corrected chi connectivity index (χ3v) is 3.99. The van der Waals surface area contributed by atoms with Crippen molar-refractivity contribution >= 4 is 34.2 Å². The van der Waals surface area contributed by atoms with Crippen molar-refractivity contribution in [3.05, 3.63) is 51.3 Å². The Hall–Kier alpha value is -1.37. The molecule has 1 heterocycles. The zero-order valence-electron chi connectivity index (χ0n) is 13.3. The first kappa shape index (κ1) is 19.7. The molecule has 126 valence electrons. The fraction of sp³-hybridized carbons (Fsp3) is 0.375. The van der Waals surface area contributed by atoms with Crippen LogP contribution in [0.15, 0.2) is 28.7 Å². The third kappa shape index (κ3) is 5.06. The number of rotatable bonds is 6. The second-order valence-corrected chi connectivity index (χ2v) is 6.15. The van der Waals surface area contributed by atoms with Crippen molar-refractivity contribution in [3.63, 3.8) is 0 Å². The summed E-state index contributed by atoms with van der Waals surface area (Å²) in [5.41, 5.74) is 8.86. The monoisotopic (exact) mass is 400 g/mol. The number of carbonyl (C=O) groups excluding carboxylic acids is 1. The molecular formula is C16H22BrClN4O. The van der Waals surface area contributed by atoms with Crippen molar-refractivity contribution in [2.45, 2.75) is 26.8 Å². The van der Waals surface area contributed by atoms with E-state index in [0.29, 0.717) is 25.2 Å². The van der Waals surface area contributed by atoms with Gasteiger partial charge in [-0.15, -0.1) is 12.4 Å². The Bertz CT molecular complexity index is 672. The number of aryl methyl sites for hydroxylation is 1. The first-order valence-corrected chi connectivity index (χ1v) is 8.09. The van der Waals surface area contributed by atoms with Gasteiger partial charge in [0, 0.05) is 16.7 Å². The number of carbonyl (C=O) groups is 1. The summed E-state index contributed by atoms with van der Waals surface area (Å²) in [4.78, 5) is 12.3. The molecule has 7 heteroatoms. The normalized spacial score (nSPS) is 10.3. The summed E-state index contributed by atoms with van der Waals surface area (Å²) in [6.07, 6.45) is 0.774. The molecule has 0 spiro atoms. The van der Waals surface area contributed by atoms with E-state index >= 15 is 0 Å². The van der Waals surface area contributed by atoms with Crippen molar-refractivity contribution in [2.24, 2.45) is 5.73 Å². The molecule has 5 nitrogen and oxygen atoms in total. The van der Waals surface area contributed by atoms with Gasteiger partial charge in [-0.05, 0) is 44.5 Å². The van der Waals surface area contributed by atoms with Crippen LogP contribution in [0.3, 0.4) is 0 Å². The van der Waals surface area contributed by atoms with Gasteiger partial charge in [0.15, 0.2) is 0 Å². The third-order valence-electron chi connectivity index (χ3n) is 3.50. The van der Waals surface area contributed by atoms with Crippen LogP contribution in [-0.4, -0.2) is 28.8 Å². The molecule has 0 bridgehead atoms. The smallest absolute Gasteiger partial charge is 0.255 e. The number of nitrogens with one attached hydrogen (secondary N) is 1. The van der Waals surface area contributed by atoms with Crippen molar-refractivity contribution in [2.75, 3.05) is 13.1 Å². The highest BCUT2D eigenvalue weighted by Gasteiger charge is 2.18. The van der Waals surface area contributed by atoms with Gasteiger partial charge in [-0.2, -0.15) is 5.10 Å². The quantitative estimate of drug-likeness (QED) is 0.731. The Morgan fingerprint density at radius 2 is 2.13 bits per heavy atom. The molecule has 1 aromatic carbocycles. The maximum absolute atomic E-state index is 12.3. The van der Waals surface area contributed by atoms with Gasteiger partial charge >= 0.3 is 0 Å². The van der Waals surface area contributed by atoms with Gasteiger partial charge in [0.1, 0.15) is 0 Å². The lowest BCUT2D eigenvalue weighted by Gasteiger charge is -2.07. The van der Waals surface area contributed by atoms with E-state index in [1.165, 1.54) is 0 Å². The van der Waals surface area contributed by atoms with Crippen molar-refractivity contribution in [1.29, 1.82) is 0 Å². The SMILES string of the molecule is Cc1nn(Cc2cccc(Br)c2)c(C)c1C(=O)NCCCN.Cl. The van der Waals surface area contributed by atoms with Gasteiger partial charge in [0.25, 0.3) is 5.91 Å². The number of hydrogen-bond donors (Lipinski definition) is 2. The number of halogens is 2. The molecular weight excluding hydrogens is 380 g/mol. The van der Waals surface area contributed by atoms with Crippen molar-refractivity contribution in [1.82, 2.24) is 15.1 Å². The molecule has 0 aliphatic heterocycles. The number of aromatic nitrogens is 2. The Kier molecular flexibility index (Phi) is 7.75. The summed E-state index contributed by atoms with van der Waals surface area (Å²) in [5.74, 6) is -0.0797. The van der Waals surface area contributed by atoms with Crippen LogP contribution in [0, 0.1) is 13.8 Å². The Morgan fingerprint density at radius 1 is 1.39 bits per heavy atom. The molecule has 0 aliphatic rings. The number of nitrogens with two attached hydrogens (primary N) is 1. The molecule has 1 amide bonds. The van der Waals surface area contributed by atoms with Crippen LogP contribution >= 0.6 is 28.3 Å². The highest BCUT2D eigenvalue weighted by molar-refractivity contribution is 9.10. The fourth-order valence-corrected chi connectivity index (χ4v) is 2.83. The molecule has 0 saturated carbocycles. The summed E-state index contributed by atoms with van der Waals surface area (Å²) < 4.78 is 2.90. The van der Waals surface area contributed by atoms with Crippen molar-refractivity contribution < 1.29 is 4.79 Å². The highest BCUT2D eigenvalue weighted by Crippen LogP contribution is 2.17. The standard InChI is InChI=1S/C16H21BrN4O.ClH/c1-11-15(16(22)19-8-4-7-18)12(2)21(20-11)10-13-5-3-6-14(17)9-13;/h3,5-6,9H,4,7-8,10,18H2,1-2H3,(H,19,22);1H. The van der Waals surface area contributed by atoms with E-state index in [9.17, 15) is 4.79 Å². The molecule has 23 heavy (non-hydrogen) atoms. The first-order valence-electron chi connectivity index (χ1n) is 7.29. The van der Waals surface area contributed by atoms with E-state index in [4.69, 9.17) is 5.73 Å². The van der Waals surface area contributed by atoms with Crippen LogP contribution in [0.5, 0.6) is 0 Å². The number of hydrogen-bond acceptors (Lipinski definition) is 3. The van der Waals surface area contributed by atoms with Crippen LogP contribution < -0.4 is 11.1 Å². The number of nitrogens with zero attached hydrogens (tertiary/aromatic N) is 2. The van der Waals surface area contributed by atoms with Gasteiger partial charge in [-0.3, -0.25) is 9.48 Å². The molecule has 0 fully saturated rings. The van der Waals surface area contributed by atoms with Gasteiger partial charge in [0.05, 0.1) is 17.8 Å². The Balaban J connectivity index is 0.00000264. The maximum Gasteiger partial charge on any atom is 0.255 e. The average Bonchev–Trinajstić information content (AvgIpc) is 2.73. The molecule has 0 atom stereocenters. The lowest BCUT2D eigenvalue weighted by molar-refractivity contribution is 0.0952. The summed E-state index contributed by atoms with van der Waals surface area (Å²) >= 11 is 3.47. The molecule has 2 rings (SSSR count). The summed E-state index contributed by atoms with van der Waals surface area (Å²) in [5, 5.41) is 7.39. The van der Waals surface area contributed by atoms with Crippen LogP contribution in [0.1, 0.15) is 33.7 Å². The topological polar surface area (TPSA) is 72.9 Å². The van der Waals surface area contributed by atoms with Crippen LogP contribution in [0.25, 0.3) is 0 Å². The summed E-state index contributed by atoms with van der Waals surface area (Å²) in [6.45, 7) is 5.59. The van der Waals surface area contributed by atoms with E-state index < -0.39 is 0 Å². The van der Waals surface area contributed by atoms with E-state index in [1.807, 2.05) is 36.7 Å². The predicted octanol–water partition coefficient (Wildman–Crippen LogP) is 2.81. The molecule has 1 aromatic heterocycles. The van der Waals surface area contributed by atoms with Crippen LogP contribution in [-0.2, 0) is 6.54 Å². The van der Waals surface area contributed by atoms with Gasteiger partial charge in [0.2, 0.25) is 0 Å². The summed E-state index contributed by atoms with van der Waals surface area (Å²) in [7, 11) is 0. The van der Waals surface area contributed by atoms with Crippen molar-refractivity contribution in [3.8, 4) is 0 Å². The van der Waals surface area contributed by atoms with E-state index in [0.717, 1.165) is 27.8 Å². The molecule has 0 aliphatic carbocycles. The van der Waals surface area contributed by atoms with E-state index in [1.54, 1.807) is 0 Å². The zero-order chi connectivity index (χ0) is 16.1. The minimum atomic E-state index is -0.0797. The first-order chi connectivity index (χ1) is 10.5. The van der Waals surface area contributed by atoms with Crippen LogP contribution in [0.4, 0.5) is 0 Å². The number of benzene rings is 1. The zero-order valence-corrected chi connectivity index (χ0v) is 15.7. The van der Waals surface area contributed by atoms with Gasteiger partial charge < -0.3 is 11.1 Å². The molecule has 2 aromatic rings. The summed E-state index contributed by atoms with van der Waals surface area (Å²) in [6, 6.07) is 8.08. The molecule has 0 radical (unpaired) electrons. The predicted molar refractivity (Wildman–Crippen MR) is 98.2 cm³/mol. The fourth-order valence-electron chi connectivity index (χ4n) is 2.38. The minimum Gasteiger partial charge on any atom is -0.352 e. The minimum absolute atomic E-state index is 0. The second kappa shape index (κ2) is 9.05. The molecule has 0 unspecified atom stereocenters. The molecule has 0 saturated heterocycles. The lowest BCUT2D eigenvalue weighted by Crippen LogP contribution is -2.27.